The second-order valence-electron chi connectivity index (χ2n) is 3.57. The lowest BCUT2D eigenvalue weighted by molar-refractivity contribution is 1.29. The van der Waals surface area contributed by atoms with E-state index in [1.807, 2.05) is 0 Å². The van der Waals surface area contributed by atoms with Crippen molar-refractivity contribution in [3.63, 3.8) is 0 Å². The van der Waals surface area contributed by atoms with Crippen LogP contribution in [0.3, 0.4) is 0 Å². The Morgan fingerprint density at radius 2 is 1.81 bits per heavy atom. The first-order valence-electron chi connectivity index (χ1n) is 5.05. The zero-order valence-corrected chi connectivity index (χ0v) is 8.72. The van der Waals surface area contributed by atoms with Crippen molar-refractivity contribution < 1.29 is 0 Å². The Labute approximate surface area is 93.4 Å². The molecule has 0 unspecified atom stereocenters. The van der Waals surface area contributed by atoms with Gasteiger partial charge in [0, 0.05) is 0 Å². The standard InChI is InChI=1S/C13H10.HN3/c1-4-10-6-2-8-12-9-3-7-11(5-1)13(10)12;1-3-2/h1-8H,9H2;1H. The number of rotatable bonds is 0. The van der Waals surface area contributed by atoms with Crippen molar-refractivity contribution in [3.05, 3.63) is 64.0 Å². The van der Waals surface area contributed by atoms with E-state index < -0.39 is 0 Å². The molecule has 3 rings (SSSR count). The Morgan fingerprint density at radius 1 is 1.12 bits per heavy atom. The first kappa shape index (κ1) is 10.3. The highest BCUT2D eigenvalue weighted by Crippen LogP contribution is 2.27. The van der Waals surface area contributed by atoms with Crippen LogP contribution < -0.4 is 0 Å². The molecule has 1 aliphatic rings. The molecule has 2 aromatic carbocycles. The van der Waals surface area contributed by atoms with Crippen LogP contribution >= 0.6 is 0 Å². The smallest absolute Gasteiger partial charge is 0.00208 e. The molecule has 0 heterocycles. The Morgan fingerprint density at radius 3 is 2.56 bits per heavy atom. The predicted octanol–water partition coefficient (Wildman–Crippen LogP) is 4.28. The van der Waals surface area contributed by atoms with Gasteiger partial charge in [-0.25, -0.2) is 0 Å². The van der Waals surface area contributed by atoms with Gasteiger partial charge in [0.1, 0.15) is 0 Å². The largest absolute Gasteiger partial charge is 0.108 e. The molecule has 1 N–H and O–H groups in total. The molecule has 0 bridgehead atoms. The van der Waals surface area contributed by atoms with Crippen LogP contribution in [0.5, 0.6) is 0 Å². The average Bonchev–Trinajstić information content (AvgIpc) is 2.31. The summed E-state index contributed by atoms with van der Waals surface area (Å²) in [6, 6.07) is 13.0. The van der Waals surface area contributed by atoms with Gasteiger partial charge in [-0.15, -0.1) is 5.53 Å². The van der Waals surface area contributed by atoms with Crippen LogP contribution in [0.25, 0.3) is 27.3 Å². The third-order valence-corrected chi connectivity index (χ3v) is 2.66. The summed E-state index contributed by atoms with van der Waals surface area (Å²) in [6.45, 7) is 0. The summed E-state index contributed by atoms with van der Waals surface area (Å²) in [7, 11) is 0. The molecule has 0 saturated heterocycles. The van der Waals surface area contributed by atoms with Crippen molar-refractivity contribution >= 4 is 16.8 Å². The Bertz CT molecular complexity index is 573. The van der Waals surface area contributed by atoms with Crippen LogP contribution in [0.1, 0.15) is 11.1 Å². The first-order chi connectivity index (χ1) is 7.86. The van der Waals surface area contributed by atoms with Crippen molar-refractivity contribution in [2.45, 2.75) is 6.42 Å². The molecular formula is C13H11N3. The molecule has 0 radical (unpaired) electrons. The normalized spacial score (nSPS) is 11.5. The number of hydrogen-bond donors (Lipinski definition) is 1. The average molecular weight is 209 g/mol. The molecule has 3 heteroatoms. The molecule has 0 spiro atoms. The zero-order valence-electron chi connectivity index (χ0n) is 8.72. The fraction of sp³-hybridized carbons (Fsp3) is 0.0769. The van der Waals surface area contributed by atoms with Crippen molar-refractivity contribution in [1.29, 1.82) is 5.53 Å². The van der Waals surface area contributed by atoms with Crippen molar-refractivity contribution in [2.75, 3.05) is 0 Å². The molecule has 0 aromatic heterocycles. The number of benzene rings is 2. The van der Waals surface area contributed by atoms with E-state index in [-0.39, 0.29) is 0 Å². The number of allylic oxidation sites excluding steroid dienone is 1. The lowest BCUT2D eigenvalue weighted by atomic mass is 9.93. The zero-order chi connectivity index (χ0) is 11.4. The van der Waals surface area contributed by atoms with Gasteiger partial charge in [0.05, 0.1) is 0 Å². The predicted molar refractivity (Wildman–Crippen MR) is 66.1 cm³/mol. The van der Waals surface area contributed by atoms with Crippen molar-refractivity contribution in [1.82, 2.24) is 0 Å². The number of nitrogens with zero attached hydrogens (tertiary/aromatic N) is 2. The van der Waals surface area contributed by atoms with Gasteiger partial charge in [-0.1, -0.05) is 48.6 Å². The van der Waals surface area contributed by atoms with E-state index in [4.69, 9.17) is 11.1 Å². The van der Waals surface area contributed by atoms with Crippen molar-refractivity contribution in [2.24, 2.45) is 0 Å². The molecule has 2 aromatic rings. The minimum Gasteiger partial charge on any atom is -0.108 e. The van der Waals surface area contributed by atoms with E-state index >= 15 is 0 Å². The third kappa shape index (κ3) is 1.76. The summed E-state index contributed by atoms with van der Waals surface area (Å²) in [5, 5.41) is 2.80. The second kappa shape index (κ2) is 4.51. The maximum absolute atomic E-state index is 6.86. The molecule has 0 saturated carbocycles. The van der Waals surface area contributed by atoms with Crippen LogP contribution in [0.15, 0.2) is 42.5 Å². The Balaban J connectivity index is 0.000000292. The van der Waals surface area contributed by atoms with Crippen LogP contribution in [0, 0.1) is 5.53 Å². The maximum atomic E-state index is 6.86. The van der Waals surface area contributed by atoms with E-state index in [1.165, 1.54) is 21.9 Å². The summed E-state index contributed by atoms with van der Waals surface area (Å²) < 4.78 is 0. The van der Waals surface area contributed by atoms with Gasteiger partial charge in [0.2, 0.25) is 0 Å². The molecular weight excluding hydrogens is 198 g/mol. The highest BCUT2D eigenvalue weighted by molar-refractivity contribution is 5.94. The molecule has 1 aliphatic carbocycles. The highest BCUT2D eigenvalue weighted by atomic mass is 15.0. The summed E-state index contributed by atoms with van der Waals surface area (Å²) >= 11 is 0. The monoisotopic (exact) mass is 209 g/mol. The summed E-state index contributed by atoms with van der Waals surface area (Å²) in [5.41, 5.74) is 15.1. The van der Waals surface area contributed by atoms with E-state index in [0.29, 0.717) is 0 Å². The topological polar surface area (TPSA) is 60.3 Å². The van der Waals surface area contributed by atoms with Gasteiger partial charge in [0.25, 0.3) is 0 Å². The van der Waals surface area contributed by atoms with Crippen molar-refractivity contribution in [3.8, 4) is 0 Å². The van der Waals surface area contributed by atoms with E-state index in [2.05, 4.69) is 48.6 Å². The van der Waals surface area contributed by atoms with Crippen LogP contribution in [-0.2, 0) is 6.42 Å². The van der Waals surface area contributed by atoms with Gasteiger partial charge in [-0.05, 0) is 38.8 Å². The Hall–Kier alpha value is -2.25. The summed E-state index contributed by atoms with van der Waals surface area (Å²) in [5.74, 6) is 0. The molecule has 78 valence electrons. The molecule has 0 fully saturated rings. The van der Waals surface area contributed by atoms with Gasteiger partial charge in [0.15, 0.2) is 0 Å². The molecule has 0 atom stereocenters. The van der Waals surface area contributed by atoms with Crippen LogP contribution in [-0.4, -0.2) is 0 Å². The summed E-state index contributed by atoms with van der Waals surface area (Å²) in [4.78, 5) is 1.75. The maximum Gasteiger partial charge on any atom is -0.00208 e. The lowest BCUT2D eigenvalue weighted by Crippen LogP contribution is -1.91. The van der Waals surface area contributed by atoms with Crippen LogP contribution in [0.2, 0.25) is 0 Å². The minimum absolute atomic E-state index is 1.08. The Kier molecular flexibility index (Phi) is 2.90. The first-order valence-corrected chi connectivity index (χ1v) is 5.05. The van der Waals surface area contributed by atoms with E-state index in [0.717, 1.165) is 6.42 Å². The highest BCUT2D eigenvalue weighted by Gasteiger charge is 2.06. The SMILES string of the molecule is C1=Cc2cccc3cccc(c23)C1.[N-]=[N+]=N. The van der Waals surface area contributed by atoms with Gasteiger partial charge < -0.3 is 0 Å². The molecule has 3 nitrogen and oxygen atoms in total. The fourth-order valence-corrected chi connectivity index (χ4v) is 2.07. The minimum atomic E-state index is 1.08. The van der Waals surface area contributed by atoms with E-state index in [1.54, 1.807) is 4.91 Å². The number of hydrogen-bond acceptors (Lipinski definition) is 1. The molecule has 0 amide bonds. The number of nitrogens with one attached hydrogen (secondary N) is 1. The van der Waals surface area contributed by atoms with Crippen LogP contribution in [0.4, 0.5) is 0 Å². The van der Waals surface area contributed by atoms with Gasteiger partial charge in [-0.2, -0.15) is 0 Å². The van der Waals surface area contributed by atoms with E-state index in [9.17, 15) is 0 Å². The van der Waals surface area contributed by atoms with Gasteiger partial charge in [-0.3, -0.25) is 0 Å². The second-order valence-corrected chi connectivity index (χ2v) is 3.57. The molecule has 0 aliphatic heterocycles. The lowest BCUT2D eigenvalue weighted by Gasteiger charge is -2.11. The summed E-state index contributed by atoms with van der Waals surface area (Å²) in [6.07, 6.45) is 5.53. The fourth-order valence-electron chi connectivity index (χ4n) is 2.07. The third-order valence-electron chi connectivity index (χ3n) is 2.66. The molecule has 16 heavy (non-hydrogen) atoms. The quantitative estimate of drug-likeness (QED) is 0.382. The van der Waals surface area contributed by atoms with Gasteiger partial charge >= 0.3 is 0 Å².